The third kappa shape index (κ3) is 4.01. The molecule has 8 nitrogen and oxygen atoms in total. The van der Waals surface area contributed by atoms with Gasteiger partial charge in [-0.15, -0.1) is 0 Å². The molecule has 8 heteroatoms. The maximum absolute atomic E-state index is 13.2. The fraction of sp³-hybridized carbons (Fsp3) is 0.720. The Labute approximate surface area is 194 Å². The molecule has 4 rings (SSSR count). The largest absolute Gasteiger partial charge is 0.459 e. The minimum absolute atomic E-state index is 0.0440. The van der Waals surface area contributed by atoms with Crippen LogP contribution in [0.25, 0.3) is 0 Å². The minimum atomic E-state index is -1.65. The molecule has 4 aliphatic rings. The van der Waals surface area contributed by atoms with Crippen molar-refractivity contribution in [3.8, 4) is 0 Å². The number of esters is 3. The molecule has 182 valence electrons. The molecular formula is C25H34O8. The van der Waals surface area contributed by atoms with Crippen molar-refractivity contribution in [2.45, 2.75) is 109 Å². The van der Waals surface area contributed by atoms with Crippen LogP contribution in [0.3, 0.4) is 0 Å². The summed E-state index contributed by atoms with van der Waals surface area (Å²) in [5, 5.41) is 0. The van der Waals surface area contributed by atoms with Crippen molar-refractivity contribution in [2.75, 3.05) is 0 Å². The Bertz CT molecular complexity index is 937. The van der Waals surface area contributed by atoms with Gasteiger partial charge < -0.3 is 23.7 Å². The van der Waals surface area contributed by atoms with E-state index in [-0.39, 0.29) is 6.10 Å². The highest BCUT2D eigenvalue weighted by Gasteiger charge is 2.71. The Morgan fingerprint density at radius 3 is 2.27 bits per heavy atom. The number of hydrogen-bond acceptors (Lipinski definition) is 8. The van der Waals surface area contributed by atoms with Crippen LogP contribution in [0.2, 0.25) is 0 Å². The first-order valence-electron chi connectivity index (χ1n) is 11.7. The second-order valence-corrected chi connectivity index (χ2v) is 10.3. The van der Waals surface area contributed by atoms with E-state index < -0.39 is 58.9 Å². The SMILES string of the molecule is CC=C(C)C(=O)OC1C2OC2(C)CCC2OC2(C)CC2OC(=O)C(C)(OC(=O)C(C)=CC)C21. The smallest absolute Gasteiger partial charge is 0.351 e. The Hall–Kier alpha value is -2.19. The van der Waals surface area contributed by atoms with E-state index in [9.17, 15) is 14.4 Å². The third-order valence-corrected chi connectivity index (χ3v) is 7.90. The molecular weight excluding hydrogens is 428 g/mol. The summed E-state index contributed by atoms with van der Waals surface area (Å²) in [5.74, 6) is -2.52. The monoisotopic (exact) mass is 462 g/mol. The zero-order chi connectivity index (χ0) is 24.3. The Balaban J connectivity index is 1.76. The minimum Gasteiger partial charge on any atom is -0.459 e. The summed E-state index contributed by atoms with van der Waals surface area (Å²) < 4.78 is 29.7. The lowest BCUT2D eigenvalue weighted by Crippen LogP contribution is -2.53. The first kappa shape index (κ1) is 24.0. The van der Waals surface area contributed by atoms with Crippen LogP contribution in [0.4, 0.5) is 0 Å². The molecule has 0 amide bonds. The standard InChI is InChI=1S/C25H34O8/c1-8-13(3)20(26)30-18-17-15(29-22(28)25(17,7)33-21(27)14(4)9-2)12-24(6)16(31-24)10-11-23(5)19(18)32-23/h8-9,15-19H,10-12H2,1-7H3. The number of hydrogen-bond donors (Lipinski definition) is 0. The van der Waals surface area contributed by atoms with Crippen molar-refractivity contribution in [3.63, 3.8) is 0 Å². The van der Waals surface area contributed by atoms with Crippen LogP contribution in [0.15, 0.2) is 23.3 Å². The molecule has 0 spiro atoms. The predicted octanol–water partition coefficient (Wildman–Crippen LogP) is 3.17. The second-order valence-electron chi connectivity index (χ2n) is 10.3. The highest BCUT2D eigenvalue weighted by Crippen LogP contribution is 2.56. The first-order chi connectivity index (χ1) is 15.4. The van der Waals surface area contributed by atoms with Crippen LogP contribution in [-0.4, -0.2) is 59.1 Å². The molecule has 0 aromatic rings. The van der Waals surface area contributed by atoms with Gasteiger partial charge >= 0.3 is 17.9 Å². The summed E-state index contributed by atoms with van der Waals surface area (Å²) in [7, 11) is 0. The quantitative estimate of drug-likeness (QED) is 0.272. The van der Waals surface area contributed by atoms with Gasteiger partial charge in [-0.25, -0.2) is 14.4 Å². The van der Waals surface area contributed by atoms with E-state index in [4.69, 9.17) is 23.7 Å². The van der Waals surface area contributed by atoms with Gasteiger partial charge in [-0.1, -0.05) is 12.2 Å². The lowest BCUT2D eigenvalue weighted by Gasteiger charge is -2.35. The zero-order valence-electron chi connectivity index (χ0n) is 20.4. The second kappa shape index (κ2) is 7.94. The number of allylic oxidation sites excluding steroid dienone is 2. The molecule has 0 aromatic heterocycles. The fourth-order valence-corrected chi connectivity index (χ4v) is 5.19. The lowest BCUT2D eigenvalue weighted by atomic mass is 9.75. The van der Waals surface area contributed by atoms with Crippen molar-refractivity contribution >= 4 is 17.9 Å². The average Bonchev–Trinajstić information content (AvgIpc) is 3.60. The van der Waals surface area contributed by atoms with Gasteiger partial charge in [-0.05, 0) is 61.3 Å². The molecule has 1 saturated carbocycles. The van der Waals surface area contributed by atoms with E-state index in [1.807, 2.05) is 13.8 Å². The molecule has 33 heavy (non-hydrogen) atoms. The van der Waals surface area contributed by atoms with Gasteiger partial charge in [0.05, 0.1) is 23.2 Å². The van der Waals surface area contributed by atoms with Gasteiger partial charge in [0.1, 0.15) is 18.3 Å². The van der Waals surface area contributed by atoms with Crippen molar-refractivity contribution in [2.24, 2.45) is 5.92 Å². The number of epoxide rings is 2. The van der Waals surface area contributed by atoms with Crippen molar-refractivity contribution in [1.29, 1.82) is 0 Å². The number of rotatable bonds is 4. The van der Waals surface area contributed by atoms with Gasteiger partial charge in [0.25, 0.3) is 0 Å². The molecule has 4 fully saturated rings. The molecule has 0 aromatic carbocycles. The summed E-state index contributed by atoms with van der Waals surface area (Å²) in [4.78, 5) is 38.8. The van der Waals surface area contributed by atoms with Crippen LogP contribution in [0.1, 0.15) is 67.7 Å². The van der Waals surface area contributed by atoms with Crippen molar-refractivity contribution in [3.05, 3.63) is 23.3 Å². The van der Waals surface area contributed by atoms with Crippen LogP contribution >= 0.6 is 0 Å². The van der Waals surface area contributed by atoms with Crippen LogP contribution in [0.5, 0.6) is 0 Å². The molecule has 3 saturated heterocycles. The van der Waals surface area contributed by atoms with Gasteiger partial charge in [-0.3, -0.25) is 0 Å². The molecule has 3 aliphatic heterocycles. The number of ether oxygens (including phenoxy) is 5. The summed E-state index contributed by atoms with van der Waals surface area (Å²) in [6.07, 6.45) is 3.34. The molecule has 1 aliphatic carbocycles. The number of fused-ring (bicyclic) bond motifs is 3. The lowest BCUT2D eigenvalue weighted by molar-refractivity contribution is -0.176. The Kier molecular flexibility index (Phi) is 5.77. The van der Waals surface area contributed by atoms with Crippen molar-refractivity contribution < 1.29 is 38.1 Å². The maximum atomic E-state index is 13.2. The summed E-state index contributed by atoms with van der Waals surface area (Å²) >= 11 is 0. The van der Waals surface area contributed by atoms with E-state index in [0.29, 0.717) is 17.6 Å². The Morgan fingerprint density at radius 2 is 1.64 bits per heavy atom. The summed E-state index contributed by atoms with van der Waals surface area (Å²) in [6.45, 7) is 12.3. The molecule has 0 radical (unpaired) electrons. The summed E-state index contributed by atoms with van der Waals surface area (Å²) in [5.41, 5.74) is -1.82. The van der Waals surface area contributed by atoms with Crippen LogP contribution < -0.4 is 0 Å². The van der Waals surface area contributed by atoms with Crippen molar-refractivity contribution in [1.82, 2.24) is 0 Å². The van der Waals surface area contributed by atoms with E-state index in [2.05, 4.69) is 0 Å². The summed E-state index contributed by atoms with van der Waals surface area (Å²) in [6, 6.07) is 0. The van der Waals surface area contributed by atoms with E-state index in [0.717, 1.165) is 12.8 Å². The fourth-order valence-electron chi connectivity index (χ4n) is 5.19. The zero-order valence-corrected chi connectivity index (χ0v) is 20.4. The molecule has 3 heterocycles. The molecule has 8 unspecified atom stereocenters. The van der Waals surface area contributed by atoms with Gasteiger partial charge in [0, 0.05) is 17.6 Å². The number of carbonyl (C=O) groups is 3. The third-order valence-electron chi connectivity index (χ3n) is 7.90. The van der Waals surface area contributed by atoms with E-state index >= 15 is 0 Å². The topological polar surface area (TPSA) is 104 Å². The average molecular weight is 463 g/mol. The highest BCUT2D eigenvalue weighted by atomic mass is 16.7. The van der Waals surface area contributed by atoms with Crippen LogP contribution in [0, 0.1) is 5.92 Å². The van der Waals surface area contributed by atoms with E-state index in [1.54, 1.807) is 46.8 Å². The molecule has 0 bridgehead atoms. The van der Waals surface area contributed by atoms with Gasteiger partial charge in [0.15, 0.2) is 0 Å². The molecule has 0 N–H and O–H groups in total. The normalized spacial score (nSPS) is 44.6. The molecule has 8 atom stereocenters. The van der Waals surface area contributed by atoms with Crippen LogP contribution in [-0.2, 0) is 38.1 Å². The Morgan fingerprint density at radius 1 is 1.00 bits per heavy atom. The highest BCUT2D eigenvalue weighted by molar-refractivity contribution is 5.92. The number of carbonyl (C=O) groups excluding carboxylic acids is 3. The predicted molar refractivity (Wildman–Crippen MR) is 117 cm³/mol. The first-order valence-corrected chi connectivity index (χ1v) is 11.7. The van der Waals surface area contributed by atoms with Gasteiger partial charge in [0.2, 0.25) is 5.60 Å². The maximum Gasteiger partial charge on any atom is 0.351 e. The van der Waals surface area contributed by atoms with E-state index in [1.165, 1.54) is 0 Å². The van der Waals surface area contributed by atoms with Gasteiger partial charge in [-0.2, -0.15) is 0 Å².